The standard InChI is InChI=1S/C12H9ClN2O/c13-10-1-3-11(4-2-10)15-12-7-9(8-16)5-6-14-12/h1-8H,(H,14,15). The summed E-state index contributed by atoms with van der Waals surface area (Å²) in [5, 5.41) is 3.76. The lowest BCUT2D eigenvalue weighted by molar-refractivity contribution is 0.112. The summed E-state index contributed by atoms with van der Waals surface area (Å²) in [5.74, 6) is 0.631. The number of carbonyl (C=O) groups is 1. The maximum absolute atomic E-state index is 10.6. The van der Waals surface area contributed by atoms with Crippen molar-refractivity contribution in [2.75, 3.05) is 5.32 Å². The van der Waals surface area contributed by atoms with Gasteiger partial charge in [-0.05, 0) is 36.4 Å². The van der Waals surface area contributed by atoms with Crippen molar-refractivity contribution in [2.45, 2.75) is 0 Å². The second kappa shape index (κ2) is 4.77. The highest BCUT2D eigenvalue weighted by Crippen LogP contribution is 2.17. The third-order valence-corrected chi connectivity index (χ3v) is 2.29. The molecule has 0 aliphatic carbocycles. The number of halogens is 1. The lowest BCUT2D eigenvalue weighted by Gasteiger charge is -2.05. The molecule has 0 unspecified atom stereocenters. The van der Waals surface area contributed by atoms with Crippen molar-refractivity contribution in [2.24, 2.45) is 0 Å². The molecule has 0 radical (unpaired) electrons. The smallest absolute Gasteiger partial charge is 0.150 e. The van der Waals surface area contributed by atoms with E-state index in [1.165, 1.54) is 0 Å². The van der Waals surface area contributed by atoms with Crippen LogP contribution in [0.3, 0.4) is 0 Å². The van der Waals surface area contributed by atoms with Crippen LogP contribution in [0.25, 0.3) is 0 Å². The number of hydrogen-bond donors (Lipinski definition) is 1. The summed E-state index contributed by atoms with van der Waals surface area (Å²) in [6, 6.07) is 10.6. The third-order valence-electron chi connectivity index (χ3n) is 2.04. The van der Waals surface area contributed by atoms with Gasteiger partial charge in [0.1, 0.15) is 12.1 Å². The van der Waals surface area contributed by atoms with Crippen LogP contribution < -0.4 is 5.32 Å². The number of benzene rings is 1. The Morgan fingerprint density at radius 1 is 1.19 bits per heavy atom. The van der Waals surface area contributed by atoms with Crippen molar-refractivity contribution in [1.82, 2.24) is 4.98 Å². The molecule has 16 heavy (non-hydrogen) atoms. The molecule has 1 N–H and O–H groups in total. The van der Waals surface area contributed by atoms with Gasteiger partial charge in [0.2, 0.25) is 0 Å². The predicted molar refractivity (Wildman–Crippen MR) is 64.4 cm³/mol. The van der Waals surface area contributed by atoms with Crippen molar-refractivity contribution in [1.29, 1.82) is 0 Å². The first-order valence-electron chi connectivity index (χ1n) is 4.72. The fourth-order valence-corrected chi connectivity index (χ4v) is 1.40. The second-order valence-corrected chi connectivity index (χ2v) is 3.66. The zero-order valence-corrected chi connectivity index (χ0v) is 9.11. The van der Waals surface area contributed by atoms with Crippen molar-refractivity contribution in [3.05, 3.63) is 53.2 Å². The van der Waals surface area contributed by atoms with Gasteiger partial charge < -0.3 is 5.32 Å². The molecule has 0 saturated heterocycles. The Labute approximate surface area is 98.1 Å². The van der Waals surface area contributed by atoms with E-state index in [2.05, 4.69) is 10.3 Å². The Bertz CT molecular complexity index is 497. The first-order valence-corrected chi connectivity index (χ1v) is 5.09. The van der Waals surface area contributed by atoms with Gasteiger partial charge in [-0.3, -0.25) is 4.79 Å². The number of pyridine rings is 1. The van der Waals surface area contributed by atoms with Gasteiger partial charge in [-0.15, -0.1) is 0 Å². The van der Waals surface area contributed by atoms with Gasteiger partial charge in [0.15, 0.2) is 0 Å². The normalized spacial score (nSPS) is 9.81. The van der Waals surface area contributed by atoms with Crippen LogP contribution in [-0.4, -0.2) is 11.3 Å². The van der Waals surface area contributed by atoms with E-state index in [9.17, 15) is 4.79 Å². The number of aromatic nitrogens is 1. The lowest BCUT2D eigenvalue weighted by Crippen LogP contribution is -1.94. The molecule has 3 nitrogen and oxygen atoms in total. The van der Waals surface area contributed by atoms with Crippen LogP contribution in [0, 0.1) is 0 Å². The summed E-state index contributed by atoms with van der Waals surface area (Å²) >= 11 is 5.77. The topological polar surface area (TPSA) is 42.0 Å². The van der Waals surface area contributed by atoms with E-state index in [1.54, 1.807) is 30.5 Å². The van der Waals surface area contributed by atoms with Crippen LogP contribution in [0.1, 0.15) is 10.4 Å². The minimum Gasteiger partial charge on any atom is -0.340 e. The van der Waals surface area contributed by atoms with E-state index in [-0.39, 0.29) is 0 Å². The first kappa shape index (κ1) is 10.6. The third kappa shape index (κ3) is 2.58. The summed E-state index contributed by atoms with van der Waals surface area (Å²) in [7, 11) is 0. The number of anilines is 2. The summed E-state index contributed by atoms with van der Waals surface area (Å²) in [5.41, 5.74) is 1.46. The Hall–Kier alpha value is -1.87. The molecule has 0 aliphatic heterocycles. The van der Waals surface area contributed by atoms with Crippen LogP contribution in [0.2, 0.25) is 5.02 Å². The van der Waals surface area contributed by atoms with E-state index in [0.29, 0.717) is 16.4 Å². The Balaban J connectivity index is 2.20. The zero-order chi connectivity index (χ0) is 11.4. The molecule has 4 heteroatoms. The molecule has 0 amide bonds. The molecular formula is C12H9ClN2O. The van der Waals surface area contributed by atoms with Gasteiger partial charge in [-0.1, -0.05) is 11.6 Å². The predicted octanol–water partition coefficient (Wildman–Crippen LogP) is 3.29. The fraction of sp³-hybridized carbons (Fsp3) is 0. The molecule has 2 aromatic rings. The second-order valence-electron chi connectivity index (χ2n) is 3.22. The van der Waals surface area contributed by atoms with Crippen molar-refractivity contribution in [3.8, 4) is 0 Å². The highest BCUT2D eigenvalue weighted by Gasteiger charge is 1.97. The quantitative estimate of drug-likeness (QED) is 0.826. The van der Waals surface area contributed by atoms with E-state index in [1.807, 2.05) is 12.1 Å². The summed E-state index contributed by atoms with van der Waals surface area (Å²) < 4.78 is 0. The van der Waals surface area contributed by atoms with E-state index in [0.717, 1.165) is 12.0 Å². The van der Waals surface area contributed by atoms with E-state index in [4.69, 9.17) is 11.6 Å². The molecular weight excluding hydrogens is 224 g/mol. The average molecular weight is 233 g/mol. The van der Waals surface area contributed by atoms with Crippen LogP contribution in [0.15, 0.2) is 42.6 Å². The van der Waals surface area contributed by atoms with Crippen molar-refractivity contribution in [3.63, 3.8) is 0 Å². The monoisotopic (exact) mass is 232 g/mol. The van der Waals surface area contributed by atoms with E-state index >= 15 is 0 Å². The van der Waals surface area contributed by atoms with Crippen molar-refractivity contribution >= 4 is 29.4 Å². The van der Waals surface area contributed by atoms with Gasteiger partial charge in [0.25, 0.3) is 0 Å². The summed E-state index contributed by atoms with van der Waals surface area (Å²) in [6.07, 6.45) is 2.37. The zero-order valence-electron chi connectivity index (χ0n) is 8.35. The van der Waals surface area contributed by atoms with Gasteiger partial charge in [-0.25, -0.2) is 4.98 Å². The molecule has 1 aromatic carbocycles. The maximum Gasteiger partial charge on any atom is 0.150 e. The number of nitrogens with one attached hydrogen (secondary N) is 1. The van der Waals surface area contributed by atoms with Crippen LogP contribution >= 0.6 is 11.6 Å². The largest absolute Gasteiger partial charge is 0.340 e. The van der Waals surface area contributed by atoms with Gasteiger partial charge in [-0.2, -0.15) is 0 Å². The molecule has 0 atom stereocenters. The molecule has 0 saturated carbocycles. The number of rotatable bonds is 3. The molecule has 0 fully saturated rings. The minimum atomic E-state index is 0.589. The van der Waals surface area contributed by atoms with Crippen LogP contribution in [0.4, 0.5) is 11.5 Å². The fourth-order valence-electron chi connectivity index (χ4n) is 1.27. The SMILES string of the molecule is O=Cc1ccnc(Nc2ccc(Cl)cc2)c1. The Morgan fingerprint density at radius 3 is 2.62 bits per heavy atom. The molecule has 2 rings (SSSR count). The number of aldehydes is 1. The Kier molecular flexibility index (Phi) is 3.17. The molecule has 1 heterocycles. The maximum atomic E-state index is 10.6. The van der Waals surface area contributed by atoms with Crippen LogP contribution in [-0.2, 0) is 0 Å². The van der Waals surface area contributed by atoms with Gasteiger partial charge >= 0.3 is 0 Å². The van der Waals surface area contributed by atoms with Crippen LogP contribution in [0.5, 0.6) is 0 Å². The highest BCUT2D eigenvalue weighted by molar-refractivity contribution is 6.30. The Morgan fingerprint density at radius 2 is 1.94 bits per heavy atom. The molecule has 1 aromatic heterocycles. The summed E-state index contributed by atoms with van der Waals surface area (Å²) in [6.45, 7) is 0. The minimum absolute atomic E-state index is 0.589. The summed E-state index contributed by atoms with van der Waals surface area (Å²) in [4.78, 5) is 14.7. The molecule has 80 valence electrons. The van der Waals surface area contributed by atoms with E-state index < -0.39 is 0 Å². The number of carbonyl (C=O) groups excluding carboxylic acids is 1. The van der Waals surface area contributed by atoms with Gasteiger partial charge in [0.05, 0.1) is 0 Å². The average Bonchev–Trinajstić information content (AvgIpc) is 2.32. The molecule has 0 bridgehead atoms. The molecule has 0 aliphatic rings. The lowest BCUT2D eigenvalue weighted by atomic mass is 10.3. The highest BCUT2D eigenvalue weighted by atomic mass is 35.5. The molecule has 0 spiro atoms. The van der Waals surface area contributed by atoms with Crippen molar-refractivity contribution < 1.29 is 4.79 Å². The van der Waals surface area contributed by atoms with Gasteiger partial charge in [0, 0.05) is 22.5 Å². The number of hydrogen-bond acceptors (Lipinski definition) is 3. The number of nitrogens with zero attached hydrogens (tertiary/aromatic N) is 1. The first-order chi connectivity index (χ1) is 7.78.